The lowest BCUT2D eigenvalue weighted by molar-refractivity contribution is 1.22. The highest BCUT2D eigenvalue weighted by Crippen LogP contribution is 2.26. The van der Waals surface area contributed by atoms with Crippen LogP contribution in [0.15, 0.2) is 77.2 Å². The van der Waals surface area contributed by atoms with Crippen LogP contribution in [0.25, 0.3) is 22.3 Å². The first kappa shape index (κ1) is 14.5. The molecule has 4 aromatic rings. The monoisotopic (exact) mass is 330 g/mol. The second kappa shape index (κ2) is 6.60. The molecule has 2 aromatic heterocycles. The first-order chi connectivity index (χ1) is 11.9. The van der Waals surface area contributed by atoms with E-state index in [0.717, 1.165) is 27.2 Å². The van der Waals surface area contributed by atoms with E-state index in [1.165, 1.54) is 0 Å². The molecule has 0 amide bonds. The fourth-order valence-electron chi connectivity index (χ4n) is 2.40. The molecule has 0 radical (unpaired) electrons. The van der Waals surface area contributed by atoms with E-state index in [0.29, 0.717) is 5.82 Å². The summed E-state index contributed by atoms with van der Waals surface area (Å²) in [4.78, 5) is 10.5. The van der Waals surface area contributed by atoms with E-state index >= 15 is 0 Å². The Morgan fingerprint density at radius 1 is 0.833 bits per heavy atom. The molecule has 0 atom stereocenters. The van der Waals surface area contributed by atoms with Crippen LogP contribution in [0.3, 0.4) is 0 Å². The molecule has 0 spiro atoms. The molecule has 2 aromatic carbocycles. The van der Waals surface area contributed by atoms with Crippen molar-refractivity contribution in [1.29, 1.82) is 0 Å². The predicted octanol–water partition coefficient (Wildman–Crippen LogP) is 4.80. The van der Waals surface area contributed by atoms with Gasteiger partial charge in [0.15, 0.2) is 5.82 Å². The number of hydrogen-bond donors (Lipinski definition) is 1. The second-order valence-corrected chi connectivity index (χ2v) is 6.14. The number of hydrogen-bond acceptors (Lipinski definition) is 5. The van der Waals surface area contributed by atoms with Crippen molar-refractivity contribution in [3.8, 4) is 11.3 Å². The Bertz CT molecular complexity index is 979. The molecule has 4 nitrogen and oxygen atoms in total. The highest BCUT2D eigenvalue weighted by atomic mass is 32.1. The summed E-state index contributed by atoms with van der Waals surface area (Å²) in [6.45, 7) is 0. The van der Waals surface area contributed by atoms with Crippen LogP contribution < -0.4 is 5.43 Å². The number of anilines is 1. The van der Waals surface area contributed by atoms with Gasteiger partial charge in [-0.05, 0) is 23.6 Å². The van der Waals surface area contributed by atoms with Gasteiger partial charge in [0, 0.05) is 10.4 Å². The minimum atomic E-state index is 0.646. The summed E-state index contributed by atoms with van der Waals surface area (Å²) >= 11 is 1.64. The Kier molecular flexibility index (Phi) is 4.00. The Hall–Kier alpha value is -3.05. The normalized spacial score (nSPS) is 11.2. The molecule has 0 fully saturated rings. The van der Waals surface area contributed by atoms with E-state index in [4.69, 9.17) is 4.98 Å². The molecule has 5 heteroatoms. The van der Waals surface area contributed by atoms with Gasteiger partial charge in [0.05, 0.1) is 17.2 Å². The summed E-state index contributed by atoms with van der Waals surface area (Å²) in [5.74, 6) is 0.646. The molecule has 0 saturated carbocycles. The SMILES string of the molecule is C(=NNc1nc2ccccc2nc1-c1ccccc1)c1cccs1. The molecular formula is C19H14N4S. The van der Waals surface area contributed by atoms with Crippen LogP contribution in [-0.2, 0) is 0 Å². The first-order valence-electron chi connectivity index (χ1n) is 7.55. The molecule has 1 N–H and O–H groups in total. The van der Waals surface area contributed by atoms with Crippen molar-refractivity contribution in [1.82, 2.24) is 9.97 Å². The topological polar surface area (TPSA) is 50.2 Å². The van der Waals surface area contributed by atoms with Crippen molar-refractivity contribution in [2.75, 3.05) is 5.43 Å². The summed E-state index contributed by atoms with van der Waals surface area (Å²) < 4.78 is 0. The quantitative estimate of drug-likeness (QED) is 0.432. The zero-order valence-electron chi connectivity index (χ0n) is 12.8. The Balaban J connectivity index is 1.76. The van der Waals surface area contributed by atoms with E-state index < -0.39 is 0 Å². The van der Waals surface area contributed by atoms with Crippen LogP contribution in [0.5, 0.6) is 0 Å². The number of nitrogens with zero attached hydrogens (tertiary/aromatic N) is 3. The van der Waals surface area contributed by atoms with Crippen molar-refractivity contribution in [3.05, 3.63) is 77.0 Å². The fraction of sp³-hybridized carbons (Fsp3) is 0. The van der Waals surface area contributed by atoms with Crippen LogP contribution in [-0.4, -0.2) is 16.2 Å². The van der Waals surface area contributed by atoms with Crippen LogP contribution in [0.4, 0.5) is 5.82 Å². The van der Waals surface area contributed by atoms with Crippen molar-refractivity contribution in [3.63, 3.8) is 0 Å². The summed E-state index contributed by atoms with van der Waals surface area (Å²) in [6.07, 6.45) is 1.79. The number of para-hydroxylation sites is 2. The largest absolute Gasteiger partial charge is 0.259 e. The minimum Gasteiger partial charge on any atom is -0.259 e. The van der Waals surface area contributed by atoms with Gasteiger partial charge in [0.1, 0.15) is 5.69 Å². The highest BCUT2D eigenvalue weighted by Gasteiger charge is 2.10. The Morgan fingerprint density at radius 2 is 1.58 bits per heavy atom. The lowest BCUT2D eigenvalue weighted by Crippen LogP contribution is -1.99. The number of nitrogens with one attached hydrogen (secondary N) is 1. The Labute approximate surface area is 143 Å². The van der Waals surface area contributed by atoms with E-state index in [2.05, 4.69) is 15.5 Å². The third kappa shape index (κ3) is 3.02. The third-order valence-electron chi connectivity index (χ3n) is 3.52. The number of rotatable bonds is 4. The maximum Gasteiger partial charge on any atom is 0.173 e. The van der Waals surface area contributed by atoms with Gasteiger partial charge in [0.25, 0.3) is 0 Å². The molecule has 0 aliphatic heterocycles. The number of benzene rings is 2. The molecule has 4 rings (SSSR count). The minimum absolute atomic E-state index is 0.646. The van der Waals surface area contributed by atoms with Gasteiger partial charge in [-0.3, -0.25) is 5.43 Å². The number of fused-ring (bicyclic) bond motifs is 1. The van der Waals surface area contributed by atoms with Gasteiger partial charge in [0.2, 0.25) is 0 Å². The first-order valence-corrected chi connectivity index (χ1v) is 8.43. The molecule has 2 heterocycles. The zero-order valence-corrected chi connectivity index (χ0v) is 13.6. The van der Waals surface area contributed by atoms with Gasteiger partial charge in [-0.2, -0.15) is 5.10 Å². The van der Waals surface area contributed by atoms with Gasteiger partial charge in [-0.15, -0.1) is 11.3 Å². The second-order valence-electron chi connectivity index (χ2n) is 5.16. The lowest BCUT2D eigenvalue weighted by atomic mass is 10.1. The third-order valence-corrected chi connectivity index (χ3v) is 4.33. The summed E-state index contributed by atoms with van der Waals surface area (Å²) in [5.41, 5.74) is 6.54. The molecule has 0 aliphatic rings. The highest BCUT2D eigenvalue weighted by molar-refractivity contribution is 7.11. The van der Waals surface area contributed by atoms with Gasteiger partial charge < -0.3 is 0 Å². The van der Waals surface area contributed by atoms with E-state index in [-0.39, 0.29) is 0 Å². The Morgan fingerprint density at radius 3 is 2.33 bits per heavy atom. The molecule has 24 heavy (non-hydrogen) atoms. The molecule has 116 valence electrons. The van der Waals surface area contributed by atoms with Crippen molar-refractivity contribution in [2.24, 2.45) is 5.10 Å². The lowest BCUT2D eigenvalue weighted by Gasteiger charge is -2.09. The molecule has 0 unspecified atom stereocenters. The molecule has 0 bridgehead atoms. The van der Waals surface area contributed by atoms with Crippen LogP contribution in [0.2, 0.25) is 0 Å². The van der Waals surface area contributed by atoms with Crippen molar-refractivity contribution in [2.45, 2.75) is 0 Å². The molecule has 0 aliphatic carbocycles. The van der Waals surface area contributed by atoms with Crippen molar-refractivity contribution < 1.29 is 0 Å². The average Bonchev–Trinajstić information content (AvgIpc) is 3.15. The number of hydrazone groups is 1. The molecular weight excluding hydrogens is 316 g/mol. The standard InChI is InChI=1S/C19H14N4S/c1-2-7-14(8-3-1)18-19(23-20-13-15-9-6-12-24-15)22-17-11-5-4-10-16(17)21-18/h1-13H,(H,22,23). The van der Waals surface area contributed by atoms with Crippen LogP contribution >= 0.6 is 11.3 Å². The average molecular weight is 330 g/mol. The van der Waals surface area contributed by atoms with Gasteiger partial charge >= 0.3 is 0 Å². The summed E-state index contributed by atoms with van der Waals surface area (Å²) in [5, 5.41) is 6.33. The number of thiophene rings is 1. The maximum atomic E-state index is 4.76. The smallest absolute Gasteiger partial charge is 0.173 e. The number of aromatic nitrogens is 2. The fourth-order valence-corrected chi connectivity index (χ4v) is 2.98. The van der Waals surface area contributed by atoms with E-state index in [9.17, 15) is 0 Å². The van der Waals surface area contributed by atoms with Gasteiger partial charge in [-0.25, -0.2) is 9.97 Å². The van der Waals surface area contributed by atoms with Crippen LogP contribution in [0.1, 0.15) is 4.88 Å². The summed E-state index contributed by atoms with van der Waals surface area (Å²) in [7, 11) is 0. The summed E-state index contributed by atoms with van der Waals surface area (Å²) in [6, 6.07) is 21.9. The maximum absolute atomic E-state index is 4.76. The van der Waals surface area contributed by atoms with Gasteiger partial charge in [-0.1, -0.05) is 48.5 Å². The van der Waals surface area contributed by atoms with E-state index in [1.54, 1.807) is 17.6 Å². The van der Waals surface area contributed by atoms with E-state index in [1.807, 2.05) is 72.1 Å². The predicted molar refractivity (Wildman–Crippen MR) is 101 cm³/mol. The zero-order chi connectivity index (χ0) is 16.2. The van der Waals surface area contributed by atoms with Crippen LogP contribution in [0, 0.1) is 0 Å². The molecule has 0 saturated heterocycles. The van der Waals surface area contributed by atoms with Crippen molar-refractivity contribution >= 4 is 34.4 Å².